The van der Waals surface area contributed by atoms with Crippen LogP contribution in [0.25, 0.3) is 10.9 Å². The lowest BCUT2D eigenvalue weighted by Crippen LogP contribution is -2.52. The van der Waals surface area contributed by atoms with Gasteiger partial charge in [0, 0.05) is 53.9 Å². The molecule has 1 saturated heterocycles. The Morgan fingerprint density at radius 1 is 1.40 bits per heavy atom. The minimum absolute atomic E-state index is 0.0817. The molecule has 138 valence electrons. The van der Waals surface area contributed by atoms with E-state index in [1.54, 1.807) is 9.12 Å². The van der Waals surface area contributed by atoms with Gasteiger partial charge in [0.1, 0.15) is 0 Å². The fraction of sp³-hybridized carbons (Fsp3) is 0.526. The van der Waals surface area contributed by atoms with Crippen LogP contribution in [0.2, 0.25) is 0 Å². The van der Waals surface area contributed by atoms with Crippen LogP contribution < -0.4 is 10.6 Å². The van der Waals surface area contributed by atoms with Gasteiger partial charge in [0.15, 0.2) is 0 Å². The quantitative estimate of drug-likeness (QED) is 0.611. The van der Waals surface area contributed by atoms with E-state index in [0.29, 0.717) is 6.42 Å². The van der Waals surface area contributed by atoms with Crippen molar-refractivity contribution in [2.24, 2.45) is 0 Å². The number of halogens is 1. The van der Waals surface area contributed by atoms with E-state index >= 15 is 0 Å². The number of benzene rings is 1. The predicted octanol–water partition coefficient (Wildman–Crippen LogP) is 4.84. The summed E-state index contributed by atoms with van der Waals surface area (Å²) in [6.45, 7) is 5.28. The average Bonchev–Trinajstić information content (AvgIpc) is 3.05. The lowest BCUT2D eigenvalue weighted by Gasteiger charge is -2.37. The molecule has 25 heavy (non-hydrogen) atoms. The van der Waals surface area contributed by atoms with E-state index < -0.39 is 0 Å². The minimum atomic E-state index is 0.0817. The van der Waals surface area contributed by atoms with Crippen LogP contribution in [0.15, 0.2) is 30.5 Å². The predicted molar refractivity (Wildman–Crippen MR) is 117 cm³/mol. The zero-order valence-electron chi connectivity index (χ0n) is 15.3. The zero-order valence-corrected chi connectivity index (χ0v) is 18.2. The number of nitrogens with one attached hydrogen (secondary N) is 2. The molecule has 0 bridgehead atoms. The summed E-state index contributed by atoms with van der Waals surface area (Å²) in [5.41, 5.74) is 2.73. The van der Waals surface area contributed by atoms with Crippen molar-refractivity contribution in [1.29, 1.82) is 0 Å². The van der Waals surface area contributed by atoms with Crippen LogP contribution >= 0.6 is 30.3 Å². The number of amides is 1. The maximum Gasteiger partial charge on any atom is 0.220 e. The number of hydrogen-bond acceptors (Lipinski definition) is 3. The molecule has 1 amide bonds. The summed E-state index contributed by atoms with van der Waals surface area (Å²) >= 11 is 2.29. The van der Waals surface area contributed by atoms with Gasteiger partial charge in [-0.15, -0.1) is 0 Å². The van der Waals surface area contributed by atoms with Gasteiger partial charge in [0.25, 0.3) is 0 Å². The largest absolute Gasteiger partial charge is 0.351 e. The summed E-state index contributed by atoms with van der Waals surface area (Å²) in [6, 6.07) is 8.55. The van der Waals surface area contributed by atoms with Gasteiger partial charge in [-0.2, -0.15) is 0 Å². The van der Waals surface area contributed by atoms with E-state index in [0.717, 1.165) is 32.2 Å². The Morgan fingerprint density at radius 2 is 2.20 bits per heavy atom. The van der Waals surface area contributed by atoms with Crippen LogP contribution in [-0.4, -0.2) is 29.0 Å². The fourth-order valence-electron chi connectivity index (χ4n) is 3.36. The number of nitrogens with zero attached hydrogens (tertiary/aromatic N) is 1. The smallest absolute Gasteiger partial charge is 0.220 e. The number of aryl methyl sites for hydroxylation is 1. The number of hydrogen-bond donors (Lipinski definition) is 2. The normalized spacial score (nSPS) is 20.1. The number of aromatic nitrogens is 1. The molecule has 0 aliphatic carbocycles. The van der Waals surface area contributed by atoms with E-state index in [1.807, 2.05) is 7.05 Å². The number of carbonyl (C=O) groups excluding carboxylic acids is 1. The molecule has 1 unspecified atom stereocenters. The molecule has 1 aliphatic rings. The van der Waals surface area contributed by atoms with Gasteiger partial charge in [-0.1, -0.05) is 19.1 Å². The second kappa shape index (κ2) is 9.83. The third kappa shape index (κ3) is 5.37. The van der Waals surface area contributed by atoms with Gasteiger partial charge in [0.2, 0.25) is 5.91 Å². The third-order valence-corrected chi connectivity index (χ3v) is 6.72. The van der Waals surface area contributed by atoms with Gasteiger partial charge < -0.3 is 10.6 Å². The molecule has 4 nitrogen and oxygen atoms in total. The van der Waals surface area contributed by atoms with Crippen LogP contribution in [-0.2, 0) is 4.79 Å². The van der Waals surface area contributed by atoms with E-state index in [2.05, 4.69) is 80.1 Å². The van der Waals surface area contributed by atoms with Gasteiger partial charge >= 0.3 is 0 Å². The first-order valence-electron chi connectivity index (χ1n) is 8.86. The lowest BCUT2D eigenvalue weighted by atomic mass is 9.83. The summed E-state index contributed by atoms with van der Waals surface area (Å²) in [6.07, 6.45) is 7.09. The number of piperidine rings is 1. The van der Waals surface area contributed by atoms with Crippen LogP contribution in [0, 0.1) is 6.92 Å². The molecule has 0 saturated carbocycles. The summed E-state index contributed by atoms with van der Waals surface area (Å²) in [4.78, 5) is 11.3. The SMILES string of the molecule is CCC1(CCNC)CCCC(=O)N1.Cc1cccc2c1ccn2SI. The highest BCUT2D eigenvalue weighted by molar-refractivity contribution is 14.2. The Labute approximate surface area is 167 Å². The van der Waals surface area contributed by atoms with E-state index in [4.69, 9.17) is 0 Å². The molecular formula is C19H28IN3OS. The van der Waals surface area contributed by atoms with Gasteiger partial charge in [-0.05, 0) is 63.9 Å². The Balaban J connectivity index is 0.000000181. The standard InChI is InChI=1S/C10H20N2O.C9H8INS/c1-3-10(7-8-11-2)6-4-5-9(13)12-10;1-7-3-2-4-9-8(7)5-6-11(9)12-10/h11H,3-8H2,1-2H3,(H,12,13);2-6H,1H3. The zero-order chi connectivity index (χ0) is 18.3. The average molecular weight is 473 g/mol. The Morgan fingerprint density at radius 3 is 2.84 bits per heavy atom. The molecule has 1 aromatic heterocycles. The molecule has 2 N–H and O–H groups in total. The molecule has 2 aromatic rings. The first-order chi connectivity index (χ1) is 12.0. The molecule has 2 heterocycles. The maximum atomic E-state index is 11.3. The van der Waals surface area contributed by atoms with Crippen molar-refractivity contribution in [3.63, 3.8) is 0 Å². The molecule has 3 rings (SSSR count). The van der Waals surface area contributed by atoms with Crippen molar-refractivity contribution < 1.29 is 4.79 Å². The number of fused-ring (bicyclic) bond motifs is 1. The van der Waals surface area contributed by atoms with Crippen LogP contribution in [0.5, 0.6) is 0 Å². The minimum Gasteiger partial charge on any atom is -0.351 e. The topological polar surface area (TPSA) is 46.1 Å². The van der Waals surface area contributed by atoms with Crippen LogP contribution in [0.1, 0.15) is 44.6 Å². The molecule has 1 aromatic carbocycles. The fourth-order valence-corrected chi connectivity index (χ4v) is 4.73. The van der Waals surface area contributed by atoms with Crippen LogP contribution in [0.3, 0.4) is 0 Å². The number of rotatable bonds is 5. The Kier molecular flexibility index (Phi) is 8.09. The highest BCUT2D eigenvalue weighted by Gasteiger charge is 2.32. The first kappa shape index (κ1) is 20.6. The summed E-state index contributed by atoms with van der Waals surface area (Å²) in [5.74, 6) is 0.226. The van der Waals surface area contributed by atoms with E-state index in [9.17, 15) is 4.79 Å². The first-order valence-corrected chi connectivity index (χ1v) is 12.2. The Bertz CT molecular complexity index is 703. The van der Waals surface area contributed by atoms with Crippen molar-refractivity contribution >= 4 is 47.1 Å². The molecule has 1 aliphatic heterocycles. The summed E-state index contributed by atoms with van der Waals surface area (Å²) in [5, 5.41) is 7.62. The molecule has 1 atom stereocenters. The van der Waals surface area contributed by atoms with E-state index in [1.165, 1.54) is 16.5 Å². The number of carbonyl (C=O) groups is 1. The molecule has 1 fully saturated rings. The van der Waals surface area contributed by atoms with Crippen molar-refractivity contribution in [1.82, 2.24) is 14.6 Å². The van der Waals surface area contributed by atoms with Crippen molar-refractivity contribution in [2.75, 3.05) is 13.6 Å². The molecule has 0 radical (unpaired) electrons. The van der Waals surface area contributed by atoms with E-state index in [-0.39, 0.29) is 11.4 Å². The summed E-state index contributed by atoms with van der Waals surface area (Å²) < 4.78 is 2.17. The lowest BCUT2D eigenvalue weighted by molar-refractivity contribution is -0.125. The van der Waals surface area contributed by atoms with Crippen LogP contribution in [0.4, 0.5) is 0 Å². The van der Waals surface area contributed by atoms with Crippen molar-refractivity contribution in [3.05, 3.63) is 36.0 Å². The van der Waals surface area contributed by atoms with Crippen molar-refractivity contribution in [3.8, 4) is 0 Å². The second-order valence-electron chi connectivity index (χ2n) is 6.61. The highest BCUT2D eigenvalue weighted by atomic mass is 127. The monoisotopic (exact) mass is 473 g/mol. The molecule has 0 spiro atoms. The van der Waals surface area contributed by atoms with Gasteiger partial charge in [-0.3, -0.25) is 8.77 Å². The summed E-state index contributed by atoms with van der Waals surface area (Å²) in [7, 11) is 3.65. The highest BCUT2D eigenvalue weighted by Crippen LogP contribution is 2.27. The molecule has 6 heteroatoms. The maximum absolute atomic E-state index is 11.3. The van der Waals surface area contributed by atoms with Crippen molar-refractivity contribution in [2.45, 2.75) is 51.5 Å². The van der Waals surface area contributed by atoms with Gasteiger partial charge in [0.05, 0.1) is 5.52 Å². The van der Waals surface area contributed by atoms with Gasteiger partial charge in [-0.25, -0.2) is 0 Å². The molecular weight excluding hydrogens is 445 g/mol. The Hall–Kier alpha value is -0.730. The second-order valence-corrected chi connectivity index (χ2v) is 8.32. The third-order valence-electron chi connectivity index (χ3n) is 4.98.